The second-order valence-corrected chi connectivity index (χ2v) is 30.0. The third-order valence-corrected chi connectivity index (χ3v) is 18.6. The van der Waals surface area contributed by atoms with Gasteiger partial charge in [0.05, 0.1) is 159 Å². The molecule has 0 fully saturated rings. The highest BCUT2D eigenvalue weighted by molar-refractivity contribution is 5.87. The van der Waals surface area contributed by atoms with Crippen LogP contribution in [0.4, 0.5) is 0 Å². The summed E-state index contributed by atoms with van der Waals surface area (Å²) in [5.41, 5.74) is 21.2. The number of hydrogen-bond donors (Lipinski definition) is 14. The van der Waals surface area contributed by atoms with E-state index in [4.69, 9.17) is 89.3 Å². The quantitative estimate of drug-likeness (QED) is 0.0345. The fourth-order valence-electron chi connectivity index (χ4n) is 10.8. The Kier molecular flexibility index (Phi) is 85.8. The van der Waals surface area contributed by atoms with E-state index in [-0.39, 0.29) is 198 Å². The molecule has 0 unspecified atom stereocenters. The van der Waals surface area contributed by atoms with Crippen LogP contribution in [-0.4, -0.2) is 333 Å². The number of carbonyl (C=O) groups is 14. The number of primary amides is 4. The van der Waals surface area contributed by atoms with E-state index < -0.39 is 11.9 Å². The minimum absolute atomic E-state index is 0.0461. The lowest BCUT2D eigenvalue weighted by Gasteiger charge is -2.18. The Morgan fingerprint density at radius 3 is 0.693 bits per heavy atom. The maximum absolute atomic E-state index is 12.7. The third-order valence-electron chi connectivity index (χ3n) is 18.6. The first-order valence-electron chi connectivity index (χ1n) is 45.2. The van der Waals surface area contributed by atoms with Crippen molar-refractivity contribution in [2.45, 2.75) is 195 Å². The maximum Gasteiger partial charge on any atom is 0.246 e. The van der Waals surface area contributed by atoms with Gasteiger partial charge in [0.15, 0.2) is 0 Å². The van der Waals surface area contributed by atoms with Gasteiger partial charge >= 0.3 is 0 Å². The molecule has 5 atom stereocenters. The average Bonchev–Trinajstić information content (AvgIpc) is 0.912. The molecule has 0 bridgehead atoms. The number of amides is 14. The van der Waals surface area contributed by atoms with Crippen LogP contribution < -0.4 is 76.1 Å². The zero-order valence-corrected chi connectivity index (χ0v) is 76.8. The Morgan fingerprint density at radius 2 is 0.425 bits per heavy atom. The summed E-state index contributed by atoms with van der Waals surface area (Å²) < 4.78 is 75.4. The van der Waals surface area contributed by atoms with E-state index in [0.29, 0.717) is 242 Å². The van der Waals surface area contributed by atoms with E-state index in [1.54, 1.807) is 27.7 Å². The summed E-state index contributed by atoms with van der Waals surface area (Å²) in [7, 11) is 0. The van der Waals surface area contributed by atoms with Crippen molar-refractivity contribution in [2.75, 3.05) is 244 Å². The van der Waals surface area contributed by atoms with Crippen LogP contribution in [0, 0.1) is 23.7 Å². The van der Waals surface area contributed by atoms with Gasteiger partial charge in [-0.3, -0.25) is 67.1 Å². The molecular weight excluding hydrogens is 1670 g/mol. The SMILES string of the molecule is CCCOCCOCC(=O)NCCOCCOCC(=O)NCCCC[C@H](NC(=O)[C@@H](C)CCCCNC(=O)CCCC(=O)NCCOCCOCC(=O)NCCCC[C@H](C)C(N)=O)C(N)=O.C[C@@H](CCCCNC(=O)CCOCCOCCOCCOCCNC(=O)CCCC(=O)NCCOCCOCCOCCOCCC(=O)NCCCC[C@H](C)C(N)=O)C(N)=O. The smallest absolute Gasteiger partial charge is 0.246 e. The molecule has 42 heteroatoms. The summed E-state index contributed by atoms with van der Waals surface area (Å²) in [5.74, 6) is -4.26. The largest absolute Gasteiger partial charge is 0.379 e. The van der Waals surface area contributed by atoms with Gasteiger partial charge in [0.1, 0.15) is 25.9 Å². The average molecular weight is 1830 g/mol. The Labute approximate surface area is 751 Å². The Morgan fingerprint density at radius 1 is 0.213 bits per heavy atom. The van der Waals surface area contributed by atoms with Gasteiger partial charge in [-0.2, -0.15) is 0 Å². The van der Waals surface area contributed by atoms with Crippen LogP contribution in [0.5, 0.6) is 0 Å². The number of rotatable bonds is 92. The fourth-order valence-corrected chi connectivity index (χ4v) is 10.8. The summed E-state index contributed by atoms with van der Waals surface area (Å²) in [6.07, 6.45) is 13.4. The van der Waals surface area contributed by atoms with Crippen molar-refractivity contribution in [3.63, 3.8) is 0 Å². The monoisotopic (exact) mass is 1830 g/mol. The molecule has 0 radical (unpaired) electrons. The summed E-state index contributed by atoms with van der Waals surface area (Å²) >= 11 is 0. The van der Waals surface area contributed by atoms with Gasteiger partial charge in [0, 0.05) is 128 Å². The molecule has 0 aliphatic carbocycles. The lowest BCUT2D eigenvalue weighted by molar-refractivity contribution is -0.129. The zero-order chi connectivity index (χ0) is 94.1. The Hall–Kier alpha value is -7.98. The molecule has 0 saturated heterocycles. The third kappa shape index (κ3) is 88.4. The molecule has 18 N–H and O–H groups in total. The van der Waals surface area contributed by atoms with E-state index in [2.05, 4.69) is 53.2 Å². The predicted octanol–water partition coefficient (Wildman–Crippen LogP) is -0.396. The van der Waals surface area contributed by atoms with Crippen molar-refractivity contribution < 1.29 is 133 Å². The van der Waals surface area contributed by atoms with E-state index in [0.717, 1.165) is 57.8 Å². The number of carbonyl (C=O) groups excluding carboxylic acids is 14. The van der Waals surface area contributed by atoms with E-state index in [9.17, 15) is 67.1 Å². The second-order valence-electron chi connectivity index (χ2n) is 30.0. The van der Waals surface area contributed by atoms with Crippen molar-refractivity contribution in [2.24, 2.45) is 46.6 Å². The van der Waals surface area contributed by atoms with E-state index >= 15 is 0 Å². The number of unbranched alkanes of at least 4 members (excludes halogenated alkanes) is 5. The van der Waals surface area contributed by atoms with Gasteiger partial charge < -0.3 is 142 Å². The first-order valence-corrected chi connectivity index (χ1v) is 45.2. The molecule has 42 nitrogen and oxygen atoms in total. The van der Waals surface area contributed by atoms with Crippen LogP contribution in [0.2, 0.25) is 0 Å². The number of ether oxygens (including phenoxy) is 14. The van der Waals surface area contributed by atoms with Crippen LogP contribution >= 0.6 is 0 Å². The van der Waals surface area contributed by atoms with Crippen LogP contribution in [-0.2, 0) is 133 Å². The first kappa shape index (κ1) is 121. The minimum atomic E-state index is -0.835. The van der Waals surface area contributed by atoms with Crippen molar-refractivity contribution >= 4 is 82.7 Å². The van der Waals surface area contributed by atoms with Gasteiger partial charge in [-0.1, -0.05) is 60.3 Å². The predicted molar refractivity (Wildman–Crippen MR) is 470 cm³/mol. The highest BCUT2D eigenvalue weighted by atomic mass is 16.6. The summed E-state index contributed by atoms with van der Waals surface area (Å²) in [4.78, 5) is 165. The molecule has 0 saturated carbocycles. The molecule has 0 aromatic heterocycles. The van der Waals surface area contributed by atoms with Gasteiger partial charge in [-0.15, -0.1) is 0 Å². The standard InChI is InChI=1S/C44H82N8O14.C41H78N6O14/c1-4-22-61-25-28-64-33-41(57)51-21-24-63-27-30-66-32-40(56)49-19-10-7-14-36(43(46)59)52-44(60)35(3)13-6-9-17-47-37(53)15-11-16-38(54)50-20-23-62-26-29-65-31-39(55)48-18-8-5-12-34(2)42(45)58;1-34(40(42)52)8-3-5-14-44-38(50)12-18-54-22-26-58-30-32-60-28-24-56-20-16-46-36(48)10-7-11-37(49)47-17-21-57-25-29-61-33-31-59-27-23-55-19-13-39(51)45-15-6-4-9-35(2)41(43)53/h34-36H,4-33H2,1-3H3,(H2,45,58)(H2,46,59)(H,47,53)(H,48,55)(H,49,56)(H,50,54)(H,51,57)(H,52,60);34-35H,3-33H2,1-2H3,(H2,42,52)(H2,43,53)(H,44,50)(H,45,51)(H,46,48)(H,47,49)/t34-,35-,36-;34-,35-/m00/s1. The lowest BCUT2D eigenvalue weighted by Crippen LogP contribution is -2.46. The second kappa shape index (κ2) is 90.0. The molecule has 0 rings (SSSR count). The van der Waals surface area contributed by atoms with Crippen molar-refractivity contribution in [1.29, 1.82) is 0 Å². The van der Waals surface area contributed by atoms with Crippen LogP contribution in [0.3, 0.4) is 0 Å². The van der Waals surface area contributed by atoms with Crippen molar-refractivity contribution in [3.05, 3.63) is 0 Å². The van der Waals surface area contributed by atoms with Crippen LogP contribution in [0.15, 0.2) is 0 Å². The molecule has 738 valence electrons. The lowest BCUT2D eigenvalue weighted by atomic mass is 10.0. The summed E-state index contributed by atoms with van der Waals surface area (Å²) in [6, 6.07) is -0.835. The molecule has 127 heavy (non-hydrogen) atoms. The van der Waals surface area contributed by atoms with Crippen molar-refractivity contribution in [3.8, 4) is 0 Å². The van der Waals surface area contributed by atoms with Gasteiger partial charge in [-0.05, 0) is 89.9 Å². The van der Waals surface area contributed by atoms with Crippen LogP contribution in [0.25, 0.3) is 0 Å². The van der Waals surface area contributed by atoms with Gasteiger partial charge in [-0.25, -0.2) is 0 Å². The zero-order valence-electron chi connectivity index (χ0n) is 76.8. The van der Waals surface area contributed by atoms with E-state index in [1.807, 2.05) is 6.92 Å². The molecule has 0 aromatic carbocycles. The fraction of sp³-hybridized carbons (Fsp3) is 0.835. The van der Waals surface area contributed by atoms with Gasteiger partial charge in [0.2, 0.25) is 82.7 Å². The summed E-state index contributed by atoms with van der Waals surface area (Å²) in [5, 5.41) is 27.6. The minimum Gasteiger partial charge on any atom is -0.379 e. The number of hydrogen-bond acceptors (Lipinski definition) is 28. The summed E-state index contributed by atoms with van der Waals surface area (Å²) in [6.45, 7) is 21.7. The molecule has 0 spiro atoms. The van der Waals surface area contributed by atoms with Crippen molar-refractivity contribution in [1.82, 2.24) is 53.2 Å². The van der Waals surface area contributed by atoms with Gasteiger partial charge in [0.25, 0.3) is 0 Å². The number of nitrogens with two attached hydrogens (primary N) is 4. The van der Waals surface area contributed by atoms with E-state index in [1.165, 1.54) is 0 Å². The Balaban J connectivity index is 0. The first-order chi connectivity index (χ1) is 61.3. The maximum atomic E-state index is 12.7. The topological polar surface area (TPSA) is 593 Å². The molecular formula is C85H160N14O28. The highest BCUT2D eigenvalue weighted by Crippen LogP contribution is 2.12. The Bertz CT molecular complexity index is 2780. The molecule has 14 amide bonds. The number of nitrogens with one attached hydrogen (secondary N) is 10. The molecule has 0 heterocycles. The normalized spacial score (nSPS) is 12.2. The molecule has 0 aromatic rings. The molecule has 0 aliphatic rings. The highest BCUT2D eigenvalue weighted by Gasteiger charge is 2.22. The van der Waals surface area contributed by atoms with Crippen LogP contribution in [0.1, 0.15) is 189 Å². The molecule has 0 aliphatic heterocycles.